The number of hydrogen-bond donors (Lipinski definition) is 0. The highest BCUT2D eigenvalue weighted by atomic mass is 35.5. The second-order valence-electron chi connectivity index (χ2n) is 6.54. The van der Waals surface area contributed by atoms with E-state index in [0.717, 1.165) is 16.7 Å². The molecule has 1 heterocycles. The fourth-order valence-corrected chi connectivity index (χ4v) is 5.45. The van der Waals surface area contributed by atoms with Crippen LogP contribution in [0.5, 0.6) is 0 Å². The molecule has 5 nitrogen and oxygen atoms in total. The fourth-order valence-electron chi connectivity index (χ4n) is 2.94. The van der Waals surface area contributed by atoms with Gasteiger partial charge in [-0.25, -0.2) is 0 Å². The Morgan fingerprint density at radius 3 is 2.47 bits per heavy atom. The first-order valence-electron chi connectivity index (χ1n) is 9.07. The van der Waals surface area contributed by atoms with Gasteiger partial charge in [0.05, 0.1) is 20.4 Å². The van der Waals surface area contributed by atoms with Crippen molar-refractivity contribution in [2.75, 3.05) is 4.90 Å². The van der Waals surface area contributed by atoms with Crippen LogP contribution in [0.2, 0.25) is 10.0 Å². The van der Waals surface area contributed by atoms with E-state index >= 15 is 0 Å². The Kier molecular flexibility index (Phi) is 6.88. The van der Waals surface area contributed by atoms with E-state index in [-0.39, 0.29) is 11.6 Å². The molecular formula is C22H12Cl2N2O3S3. The number of hydrogen-bond acceptors (Lipinski definition) is 6. The number of nitrogens with zero attached hydrogens (tertiary/aromatic N) is 2. The Bertz CT molecular complexity index is 1280. The molecule has 1 aliphatic rings. The zero-order valence-electron chi connectivity index (χ0n) is 16.0. The van der Waals surface area contributed by atoms with Crippen molar-refractivity contribution in [3.63, 3.8) is 0 Å². The van der Waals surface area contributed by atoms with Gasteiger partial charge < -0.3 is 0 Å². The van der Waals surface area contributed by atoms with Gasteiger partial charge >= 0.3 is 0 Å². The Hall–Kier alpha value is -2.36. The zero-order chi connectivity index (χ0) is 22.8. The number of amides is 1. The Morgan fingerprint density at radius 2 is 1.78 bits per heavy atom. The van der Waals surface area contributed by atoms with Crippen molar-refractivity contribution in [2.24, 2.45) is 0 Å². The third-order valence-corrected chi connectivity index (χ3v) is 7.24. The zero-order valence-corrected chi connectivity index (χ0v) is 20.0. The predicted molar refractivity (Wildman–Crippen MR) is 136 cm³/mol. The van der Waals surface area contributed by atoms with Gasteiger partial charge in [0.1, 0.15) is 0 Å². The van der Waals surface area contributed by atoms with Crippen molar-refractivity contribution in [3.05, 3.63) is 97.4 Å². The number of anilines is 1. The summed E-state index contributed by atoms with van der Waals surface area (Å²) in [6, 6.07) is 18.7. The van der Waals surface area contributed by atoms with Crippen LogP contribution in [-0.4, -0.2) is 15.2 Å². The van der Waals surface area contributed by atoms with Crippen LogP contribution in [0.1, 0.15) is 5.56 Å². The summed E-state index contributed by atoms with van der Waals surface area (Å²) in [6.07, 6.45) is 1.60. The molecule has 0 saturated carbocycles. The second-order valence-corrected chi connectivity index (χ2v) is 10.2. The molecule has 1 amide bonds. The van der Waals surface area contributed by atoms with Crippen molar-refractivity contribution in [3.8, 4) is 0 Å². The topological polar surface area (TPSA) is 63.4 Å². The lowest BCUT2D eigenvalue weighted by Crippen LogP contribution is -2.27. The van der Waals surface area contributed by atoms with E-state index in [9.17, 15) is 14.9 Å². The average Bonchev–Trinajstić information content (AvgIpc) is 3.03. The Balaban J connectivity index is 1.63. The number of rotatable bonds is 5. The minimum atomic E-state index is -0.438. The van der Waals surface area contributed by atoms with Crippen LogP contribution in [0.15, 0.2) is 81.4 Å². The smallest absolute Gasteiger partial charge is 0.268 e. The highest BCUT2D eigenvalue weighted by Gasteiger charge is 2.33. The van der Waals surface area contributed by atoms with Gasteiger partial charge in [0, 0.05) is 21.0 Å². The van der Waals surface area contributed by atoms with Gasteiger partial charge in [0.25, 0.3) is 11.6 Å². The molecule has 160 valence electrons. The van der Waals surface area contributed by atoms with E-state index in [1.807, 2.05) is 0 Å². The lowest BCUT2D eigenvalue weighted by molar-refractivity contribution is -0.387. The first-order chi connectivity index (χ1) is 15.3. The third kappa shape index (κ3) is 5.00. The maximum atomic E-state index is 12.9. The molecule has 1 saturated heterocycles. The third-order valence-electron chi connectivity index (χ3n) is 4.38. The normalized spacial score (nSPS) is 14.9. The predicted octanol–water partition coefficient (Wildman–Crippen LogP) is 7.46. The molecule has 10 heteroatoms. The van der Waals surface area contributed by atoms with Crippen LogP contribution in [0.25, 0.3) is 6.08 Å². The molecular weight excluding hydrogens is 507 g/mol. The molecule has 0 bridgehead atoms. The Morgan fingerprint density at radius 1 is 1.03 bits per heavy atom. The van der Waals surface area contributed by atoms with E-state index in [2.05, 4.69) is 0 Å². The molecule has 32 heavy (non-hydrogen) atoms. The molecule has 0 spiro atoms. The SMILES string of the molecule is O=C1C(=Cc2ccc(Sc3ccc(Cl)cc3)c([N+](=O)[O-])c2)SC(=S)N1c1cccc(Cl)c1. The van der Waals surface area contributed by atoms with Crippen molar-refractivity contribution >= 4 is 86.6 Å². The van der Waals surface area contributed by atoms with E-state index in [4.69, 9.17) is 35.4 Å². The highest BCUT2D eigenvalue weighted by Crippen LogP contribution is 2.39. The maximum absolute atomic E-state index is 12.9. The minimum Gasteiger partial charge on any atom is -0.268 e. The Labute approximate surface area is 207 Å². The van der Waals surface area contributed by atoms with E-state index < -0.39 is 4.92 Å². The number of carbonyl (C=O) groups excluding carboxylic acids is 1. The van der Waals surface area contributed by atoms with E-state index in [1.54, 1.807) is 66.7 Å². The fraction of sp³-hybridized carbons (Fsp3) is 0. The van der Waals surface area contributed by atoms with Crippen LogP contribution in [0.3, 0.4) is 0 Å². The van der Waals surface area contributed by atoms with Crippen molar-refractivity contribution in [1.82, 2.24) is 0 Å². The number of thioether (sulfide) groups is 1. The van der Waals surface area contributed by atoms with Crippen LogP contribution in [0, 0.1) is 10.1 Å². The van der Waals surface area contributed by atoms with Crippen LogP contribution in [0.4, 0.5) is 11.4 Å². The molecule has 3 aromatic rings. The number of thiocarbonyl (C=S) groups is 1. The number of halogens is 2. The summed E-state index contributed by atoms with van der Waals surface area (Å²) in [6.45, 7) is 0. The van der Waals surface area contributed by atoms with Crippen molar-refractivity contribution in [2.45, 2.75) is 9.79 Å². The summed E-state index contributed by atoms with van der Waals surface area (Å²) in [5.74, 6) is -0.301. The number of carbonyl (C=O) groups is 1. The summed E-state index contributed by atoms with van der Waals surface area (Å²) in [7, 11) is 0. The standard InChI is InChI=1S/C22H12Cl2N2O3S3/c23-14-5-7-17(8-6-14)31-19-9-4-13(10-18(19)26(28)29)11-20-21(27)25(22(30)32-20)16-3-1-2-15(24)12-16/h1-12H. The minimum absolute atomic E-state index is 0.0518. The molecule has 0 aliphatic carbocycles. The van der Waals surface area contributed by atoms with Crippen LogP contribution >= 0.6 is 58.9 Å². The van der Waals surface area contributed by atoms with Crippen LogP contribution in [-0.2, 0) is 4.79 Å². The number of nitro groups is 1. The lowest BCUT2D eigenvalue weighted by Gasteiger charge is -2.14. The molecule has 0 aromatic heterocycles. The molecule has 1 aliphatic heterocycles. The molecule has 4 rings (SSSR count). The molecule has 0 atom stereocenters. The molecule has 0 radical (unpaired) electrons. The number of benzene rings is 3. The van der Waals surface area contributed by atoms with E-state index in [0.29, 0.717) is 35.4 Å². The second kappa shape index (κ2) is 9.64. The average molecular weight is 519 g/mol. The van der Waals surface area contributed by atoms with Gasteiger partial charge in [-0.05, 0) is 60.2 Å². The number of nitro benzene ring substituents is 1. The summed E-state index contributed by atoms with van der Waals surface area (Å²) in [5.41, 5.74) is 1.05. The van der Waals surface area contributed by atoms with Gasteiger partial charge in [-0.2, -0.15) is 0 Å². The molecule has 3 aromatic carbocycles. The van der Waals surface area contributed by atoms with Gasteiger partial charge in [-0.15, -0.1) is 0 Å². The summed E-state index contributed by atoms with van der Waals surface area (Å²) in [5, 5.41) is 12.8. The first-order valence-corrected chi connectivity index (χ1v) is 11.9. The van der Waals surface area contributed by atoms with Crippen molar-refractivity contribution in [1.29, 1.82) is 0 Å². The van der Waals surface area contributed by atoms with Crippen LogP contribution < -0.4 is 4.90 Å². The first kappa shape index (κ1) is 22.8. The molecule has 0 unspecified atom stereocenters. The lowest BCUT2D eigenvalue weighted by atomic mass is 10.2. The van der Waals surface area contributed by atoms with Gasteiger partial charge in [0.15, 0.2) is 4.32 Å². The molecule has 0 N–H and O–H groups in total. The monoisotopic (exact) mass is 518 g/mol. The van der Waals surface area contributed by atoms with E-state index in [1.165, 1.54) is 22.7 Å². The van der Waals surface area contributed by atoms with Gasteiger partial charge in [0.2, 0.25) is 0 Å². The highest BCUT2D eigenvalue weighted by molar-refractivity contribution is 8.27. The van der Waals surface area contributed by atoms with Gasteiger partial charge in [-0.3, -0.25) is 19.8 Å². The summed E-state index contributed by atoms with van der Waals surface area (Å²) in [4.78, 5) is 27.3. The van der Waals surface area contributed by atoms with Crippen molar-refractivity contribution < 1.29 is 9.72 Å². The quantitative estimate of drug-likeness (QED) is 0.151. The largest absolute Gasteiger partial charge is 0.283 e. The summed E-state index contributed by atoms with van der Waals surface area (Å²) >= 11 is 19.7. The van der Waals surface area contributed by atoms with Gasteiger partial charge in [-0.1, -0.05) is 71.1 Å². The summed E-state index contributed by atoms with van der Waals surface area (Å²) < 4.78 is 0.368. The maximum Gasteiger partial charge on any atom is 0.283 e. The molecule has 1 fully saturated rings.